The second-order valence-electron chi connectivity index (χ2n) is 48.8. The van der Waals surface area contributed by atoms with Gasteiger partial charge in [-0.25, -0.2) is 0 Å². The molecule has 0 unspecified atom stereocenters. The summed E-state index contributed by atoms with van der Waals surface area (Å²) >= 11 is 0. The number of fused-ring (bicyclic) bond motifs is 3. The quantitative estimate of drug-likeness (QED) is 0.0904. The van der Waals surface area contributed by atoms with Gasteiger partial charge >= 0.3 is 0 Å². The summed E-state index contributed by atoms with van der Waals surface area (Å²) < 4.78 is 0. The van der Waals surface area contributed by atoms with Crippen molar-refractivity contribution in [2.24, 2.45) is 0 Å². The van der Waals surface area contributed by atoms with Crippen LogP contribution < -0.4 is 0 Å². The van der Waals surface area contributed by atoms with E-state index in [1.54, 1.807) is 0 Å². The summed E-state index contributed by atoms with van der Waals surface area (Å²) in [6.45, 7) is 57.9. The zero-order valence-electron chi connectivity index (χ0n) is 88.5. The highest BCUT2D eigenvalue weighted by Gasteiger charge is 2.49. The summed E-state index contributed by atoms with van der Waals surface area (Å²) in [5.41, 5.74) is 49.2. The molecule has 0 fully saturated rings. The molecule has 0 radical (unpaired) electrons. The summed E-state index contributed by atoms with van der Waals surface area (Å²) in [7, 11) is 0. The van der Waals surface area contributed by atoms with Crippen molar-refractivity contribution in [3.63, 3.8) is 0 Å². The molecule has 0 saturated carbocycles. The average molecular weight is 1850 g/mol. The van der Waals surface area contributed by atoms with Crippen molar-refractivity contribution in [1.29, 1.82) is 0 Å². The van der Waals surface area contributed by atoms with Crippen LogP contribution in [0.3, 0.4) is 0 Å². The maximum Gasteiger partial charge on any atom is 0.0714 e. The molecular weight excluding hydrogens is 1710 g/mol. The number of benzene rings is 18. The van der Waals surface area contributed by atoms with E-state index in [2.05, 4.69) is 567 Å². The third-order valence-corrected chi connectivity index (χ3v) is 30.2. The molecule has 0 N–H and O–H groups in total. The van der Waals surface area contributed by atoms with E-state index in [9.17, 15) is 0 Å². The minimum atomic E-state index is -1.14. The van der Waals surface area contributed by atoms with E-state index in [-0.39, 0.29) is 43.3 Å². The van der Waals surface area contributed by atoms with Crippen molar-refractivity contribution in [1.82, 2.24) is 0 Å². The lowest BCUT2D eigenvalue weighted by atomic mass is 9.65. The van der Waals surface area contributed by atoms with Crippen molar-refractivity contribution < 1.29 is 0 Å². The molecule has 0 heteroatoms. The number of rotatable bonds is 16. The molecule has 19 rings (SSSR count). The minimum Gasteiger partial charge on any atom is -0.0622 e. The molecule has 0 saturated heterocycles. The molecule has 1 aliphatic carbocycles. The molecule has 0 nitrogen and oxygen atoms in total. The number of hydrogen-bond acceptors (Lipinski definition) is 0. The van der Waals surface area contributed by atoms with Crippen LogP contribution in [0.1, 0.15) is 238 Å². The standard InChI is InChI=1S/C142H140/c1-91-32-29-30-35-128(91)129-36-31-37-131-133(129)130-71-54-101(92-33-27-26-28-34-92)90-132(130)142(131,126-86-114(110-76-102(93-38-55-118(56-39-93)134(2,3)4)72-103(77-110)94-40-57-119(58-41-94)135(5,6)7)84-115(87-126)111-78-104(95-42-59-120(60-43-95)136(8,9)10)73-105(79-111)96-44-61-121(62-45-96)137(11,12)13)127-88-116(112-80-106(97-46-63-122(64-47-97)138(14,15)16)74-107(81-112)98-48-65-123(66-49-98)139(17,18)19)85-117(89-127)113-82-108(99-50-67-124(68-51-99)140(20,21)22)75-109(83-113)100-52-69-125(70-53-100)141(23,24)25/h26-90H,1-25H3. The van der Waals surface area contributed by atoms with Gasteiger partial charge in [0.15, 0.2) is 0 Å². The van der Waals surface area contributed by atoms with Gasteiger partial charge in [0.1, 0.15) is 0 Å². The van der Waals surface area contributed by atoms with Crippen molar-refractivity contribution in [3.05, 3.63) is 467 Å². The summed E-state index contributed by atoms with van der Waals surface area (Å²) in [4.78, 5) is 0. The predicted molar refractivity (Wildman–Crippen MR) is 614 cm³/mol. The van der Waals surface area contributed by atoms with Crippen LogP contribution in [0.25, 0.3) is 167 Å². The third kappa shape index (κ3) is 19.7. The highest BCUT2D eigenvalue weighted by Crippen LogP contribution is 2.62. The first-order valence-electron chi connectivity index (χ1n) is 51.4. The summed E-state index contributed by atoms with van der Waals surface area (Å²) in [5.74, 6) is 0. The molecule has 0 amide bonds. The lowest BCUT2D eigenvalue weighted by Gasteiger charge is -2.36. The minimum absolute atomic E-state index is 0.0496. The van der Waals surface area contributed by atoms with Crippen LogP contribution in [-0.2, 0) is 48.7 Å². The van der Waals surface area contributed by atoms with Gasteiger partial charge in [-0.2, -0.15) is 0 Å². The first kappa shape index (κ1) is 96.8. The van der Waals surface area contributed by atoms with E-state index >= 15 is 0 Å². The second kappa shape index (κ2) is 36.8. The molecule has 0 spiro atoms. The largest absolute Gasteiger partial charge is 0.0714 e. The van der Waals surface area contributed by atoms with E-state index in [0.29, 0.717) is 0 Å². The topological polar surface area (TPSA) is 0 Å². The third-order valence-electron chi connectivity index (χ3n) is 30.2. The molecule has 708 valence electrons. The first-order chi connectivity index (χ1) is 67.2. The van der Waals surface area contributed by atoms with E-state index in [0.717, 1.165) is 156 Å². The van der Waals surface area contributed by atoms with E-state index in [1.165, 1.54) is 83.5 Å². The zero-order valence-corrected chi connectivity index (χ0v) is 88.5. The van der Waals surface area contributed by atoms with Crippen LogP contribution >= 0.6 is 0 Å². The van der Waals surface area contributed by atoms with Crippen LogP contribution in [-0.4, -0.2) is 0 Å². The van der Waals surface area contributed by atoms with Gasteiger partial charge in [0, 0.05) is 0 Å². The zero-order chi connectivity index (χ0) is 100. The number of hydrogen-bond donors (Lipinski definition) is 0. The average Bonchev–Trinajstić information content (AvgIpc) is 1.52. The summed E-state index contributed by atoms with van der Waals surface area (Å²) in [6, 6.07) is 156. The van der Waals surface area contributed by atoms with Crippen LogP contribution in [0, 0.1) is 6.92 Å². The molecule has 0 aromatic heterocycles. The fourth-order valence-corrected chi connectivity index (χ4v) is 21.2. The smallest absolute Gasteiger partial charge is 0.0622 e. The Bertz CT molecular complexity index is 6700. The Morgan fingerprint density at radius 2 is 0.324 bits per heavy atom. The highest BCUT2D eigenvalue weighted by atomic mass is 14.5. The van der Waals surface area contributed by atoms with Gasteiger partial charge in [0.05, 0.1) is 5.41 Å². The molecular formula is C142H140. The first-order valence-corrected chi connectivity index (χ1v) is 51.4. The van der Waals surface area contributed by atoms with Gasteiger partial charge in [-0.05, 0) is 405 Å². The predicted octanol–water partition coefficient (Wildman–Crippen LogP) is 40.1. The Labute approximate surface area is 849 Å². The molecule has 142 heavy (non-hydrogen) atoms. The SMILES string of the molecule is Cc1ccccc1-c1cccc2c1-c1ccc(-c3ccccc3)cc1C2(c1cc(-c2cc(-c3ccc(C(C)(C)C)cc3)cc(-c3ccc(C(C)(C)C)cc3)c2)cc(-c2cc(-c3ccc(C(C)(C)C)cc3)cc(-c3ccc(C(C)(C)C)cc3)c2)c1)c1cc(-c2cc(-c3ccc(C(C)(C)C)cc3)cc(-c3ccc(C(C)(C)C)cc3)c2)cc(-c2cc(-c3ccc(C(C)(C)C)cc3)cc(-c3ccc(C(C)(C)C)cc3)c2)c1. The van der Waals surface area contributed by atoms with Crippen molar-refractivity contribution in [2.75, 3.05) is 0 Å². The van der Waals surface area contributed by atoms with E-state index in [4.69, 9.17) is 0 Å². The fraction of sp³-hybridized carbons (Fsp3) is 0.239. The van der Waals surface area contributed by atoms with Gasteiger partial charge < -0.3 is 0 Å². The Balaban J connectivity index is 1.01. The molecule has 0 heterocycles. The molecule has 18 aromatic rings. The van der Waals surface area contributed by atoms with E-state index < -0.39 is 5.41 Å². The maximum atomic E-state index is 2.64. The van der Waals surface area contributed by atoms with Crippen LogP contribution in [0.15, 0.2) is 394 Å². The van der Waals surface area contributed by atoms with Gasteiger partial charge in [-0.1, -0.05) is 445 Å². The Morgan fingerprint density at radius 3 is 0.549 bits per heavy atom. The number of aryl methyl sites for hydroxylation is 1. The Morgan fingerprint density at radius 1 is 0.134 bits per heavy atom. The molecule has 0 atom stereocenters. The Hall–Kier alpha value is -14.0. The van der Waals surface area contributed by atoms with Crippen molar-refractivity contribution in [2.45, 2.75) is 222 Å². The Kier molecular flexibility index (Phi) is 25.1. The van der Waals surface area contributed by atoms with Gasteiger partial charge in [0.25, 0.3) is 0 Å². The van der Waals surface area contributed by atoms with Gasteiger partial charge in [-0.3, -0.25) is 0 Å². The maximum absolute atomic E-state index is 2.64. The lowest BCUT2D eigenvalue weighted by molar-refractivity contribution is 0.590. The molecule has 0 aliphatic heterocycles. The molecule has 0 bridgehead atoms. The molecule has 1 aliphatic rings. The fourth-order valence-electron chi connectivity index (χ4n) is 21.2. The van der Waals surface area contributed by atoms with Gasteiger partial charge in [-0.15, -0.1) is 0 Å². The normalized spacial score (nSPS) is 13.0. The second-order valence-corrected chi connectivity index (χ2v) is 48.8. The van der Waals surface area contributed by atoms with E-state index in [1.807, 2.05) is 0 Å². The van der Waals surface area contributed by atoms with Gasteiger partial charge in [0.2, 0.25) is 0 Å². The van der Waals surface area contributed by atoms with Crippen LogP contribution in [0.2, 0.25) is 0 Å². The van der Waals surface area contributed by atoms with Crippen molar-refractivity contribution >= 4 is 0 Å². The summed E-state index contributed by atoms with van der Waals surface area (Å²) in [6.07, 6.45) is 0. The molecule has 18 aromatic carbocycles. The lowest BCUT2D eigenvalue weighted by Crippen LogP contribution is -2.29. The van der Waals surface area contributed by atoms with Crippen LogP contribution in [0.4, 0.5) is 0 Å². The monoisotopic (exact) mass is 1850 g/mol. The summed E-state index contributed by atoms with van der Waals surface area (Å²) in [5, 5.41) is 0. The highest BCUT2D eigenvalue weighted by molar-refractivity contribution is 6.00. The van der Waals surface area contributed by atoms with Crippen LogP contribution in [0.5, 0.6) is 0 Å². The van der Waals surface area contributed by atoms with Crippen molar-refractivity contribution in [3.8, 4) is 167 Å².